The summed E-state index contributed by atoms with van der Waals surface area (Å²) in [7, 11) is 0. The fraction of sp³-hybridized carbons (Fsp3) is 0.250. The number of amides is 1. The molecule has 0 unspecified atom stereocenters. The number of pyridine rings is 1. The first-order valence-electron chi connectivity index (χ1n) is 6.91. The minimum atomic E-state index is -0.291. The van der Waals surface area contributed by atoms with Gasteiger partial charge in [-0.3, -0.25) is 4.79 Å². The highest BCUT2D eigenvalue weighted by molar-refractivity contribution is 5.92. The molecule has 1 aliphatic carbocycles. The van der Waals surface area contributed by atoms with Crippen LogP contribution in [0.4, 0.5) is 10.1 Å². The molecule has 0 saturated heterocycles. The van der Waals surface area contributed by atoms with Crippen LogP contribution in [0.5, 0.6) is 0 Å². The van der Waals surface area contributed by atoms with E-state index < -0.39 is 0 Å². The van der Waals surface area contributed by atoms with E-state index in [-0.39, 0.29) is 36.7 Å². The second-order valence-corrected chi connectivity index (χ2v) is 5.23. The number of carbonyl (C=O) groups excluding carboxylic acids is 1. The first-order valence-corrected chi connectivity index (χ1v) is 6.91. The molecular weight excluding hydrogens is 305 g/mol. The molecule has 116 valence electrons. The monoisotopic (exact) mass is 321 g/mol. The van der Waals surface area contributed by atoms with Gasteiger partial charge in [0.05, 0.1) is 11.9 Å². The van der Waals surface area contributed by atoms with Gasteiger partial charge in [-0.1, -0.05) is 18.2 Å². The van der Waals surface area contributed by atoms with E-state index in [0.717, 1.165) is 12.8 Å². The Hall–Kier alpha value is -2.14. The van der Waals surface area contributed by atoms with Crippen LogP contribution < -0.4 is 5.73 Å². The summed E-state index contributed by atoms with van der Waals surface area (Å²) < 4.78 is 13.8. The lowest BCUT2D eigenvalue weighted by Gasteiger charge is -2.22. The van der Waals surface area contributed by atoms with Gasteiger partial charge in [-0.25, -0.2) is 9.37 Å². The van der Waals surface area contributed by atoms with E-state index in [0.29, 0.717) is 16.9 Å². The maximum atomic E-state index is 13.8. The van der Waals surface area contributed by atoms with Crippen molar-refractivity contribution in [3.8, 4) is 0 Å². The number of nitrogens with zero attached hydrogens (tertiary/aromatic N) is 2. The average Bonchev–Trinajstić information content (AvgIpc) is 3.31. The molecule has 1 fully saturated rings. The van der Waals surface area contributed by atoms with E-state index in [1.54, 1.807) is 35.2 Å². The van der Waals surface area contributed by atoms with Crippen LogP contribution in [0.25, 0.3) is 0 Å². The Morgan fingerprint density at radius 1 is 1.27 bits per heavy atom. The van der Waals surface area contributed by atoms with Gasteiger partial charge in [0, 0.05) is 18.2 Å². The fourth-order valence-corrected chi connectivity index (χ4v) is 2.24. The third-order valence-corrected chi connectivity index (χ3v) is 3.55. The summed E-state index contributed by atoms with van der Waals surface area (Å²) in [5, 5.41) is 0. The number of rotatable bonds is 4. The molecule has 0 spiro atoms. The predicted molar refractivity (Wildman–Crippen MR) is 85.2 cm³/mol. The predicted octanol–water partition coefficient (Wildman–Crippen LogP) is 3.03. The van der Waals surface area contributed by atoms with Crippen LogP contribution in [0, 0.1) is 5.82 Å². The van der Waals surface area contributed by atoms with Crippen LogP contribution in [-0.2, 0) is 6.54 Å². The molecule has 0 bridgehead atoms. The van der Waals surface area contributed by atoms with Crippen molar-refractivity contribution < 1.29 is 9.18 Å². The van der Waals surface area contributed by atoms with Crippen molar-refractivity contribution >= 4 is 24.0 Å². The van der Waals surface area contributed by atoms with Crippen molar-refractivity contribution in [3.63, 3.8) is 0 Å². The van der Waals surface area contributed by atoms with Crippen LogP contribution in [0.2, 0.25) is 0 Å². The van der Waals surface area contributed by atoms with Crippen molar-refractivity contribution in [1.82, 2.24) is 9.88 Å². The van der Waals surface area contributed by atoms with Gasteiger partial charge in [-0.15, -0.1) is 12.4 Å². The molecule has 1 heterocycles. The zero-order valence-corrected chi connectivity index (χ0v) is 12.7. The van der Waals surface area contributed by atoms with Gasteiger partial charge in [-0.05, 0) is 31.0 Å². The lowest BCUT2D eigenvalue weighted by molar-refractivity contribution is 0.0722. The summed E-state index contributed by atoms with van der Waals surface area (Å²) >= 11 is 0. The van der Waals surface area contributed by atoms with E-state index in [4.69, 9.17) is 5.73 Å². The maximum Gasteiger partial charge on any atom is 0.272 e. The molecule has 1 aliphatic rings. The number of benzene rings is 1. The Balaban J connectivity index is 0.00000176. The van der Waals surface area contributed by atoms with Crippen molar-refractivity contribution in [2.24, 2.45) is 0 Å². The van der Waals surface area contributed by atoms with Crippen molar-refractivity contribution in [2.45, 2.75) is 25.4 Å². The zero-order valence-electron chi connectivity index (χ0n) is 11.9. The quantitative estimate of drug-likeness (QED) is 0.941. The van der Waals surface area contributed by atoms with Crippen LogP contribution in [0.3, 0.4) is 0 Å². The summed E-state index contributed by atoms with van der Waals surface area (Å²) in [5.74, 6) is -0.470. The molecule has 1 aromatic carbocycles. The molecule has 0 aliphatic heterocycles. The Kier molecular flexibility index (Phi) is 4.98. The molecule has 0 radical (unpaired) electrons. The molecule has 6 heteroatoms. The number of anilines is 1. The standard InChI is InChI=1S/C16H16FN3O.ClH/c17-14-4-2-1-3-11(14)10-20(13-6-7-13)16(21)15-8-5-12(18)9-19-15;/h1-5,8-9,13H,6-7,10,18H2;1H. The molecule has 0 atom stereocenters. The van der Waals surface area contributed by atoms with Crippen molar-refractivity contribution in [2.75, 3.05) is 5.73 Å². The molecule has 4 nitrogen and oxygen atoms in total. The van der Waals surface area contributed by atoms with E-state index in [1.807, 2.05) is 0 Å². The summed E-state index contributed by atoms with van der Waals surface area (Å²) in [5.41, 5.74) is 6.96. The zero-order chi connectivity index (χ0) is 14.8. The SMILES string of the molecule is Cl.Nc1ccc(C(=O)N(Cc2ccccc2F)C2CC2)nc1. The van der Waals surface area contributed by atoms with Crippen LogP contribution in [-0.4, -0.2) is 21.8 Å². The largest absolute Gasteiger partial charge is 0.397 e. The van der Waals surface area contributed by atoms with E-state index in [2.05, 4.69) is 4.98 Å². The summed E-state index contributed by atoms with van der Waals surface area (Å²) in [6, 6.07) is 9.96. The summed E-state index contributed by atoms with van der Waals surface area (Å²) in [4.78, 5) is 18.3. The smallest absolute Gasteiger partial charge is 0.272 e. The Bertz CT molecular complexity index is 659. The second-order valence-electron chi connectivity index (χ2n) is 5.23. The third kappa shape index (κ3) is 3.54. The van der Waals surface area contributed by atoms with E-state index >= 15 is 0 Å². The molecule has 1 saturated carbocycles. The number of nitrogen functional groups attached to an aromatic ring is 1. The number of carbonyl (C=O) groups is 1. The van der Waals surface area contributed by atoms with Gasteiger partial charge < -0.3 is 10.6 Å². The Morgan fingerprint density at radius 3 is 2.59 bits per heavy atom. The lowest BCUT2D eigenvalue weighted by atomic mass is 10.2. The summed E-state index contributed by atoms with van der Waals surface area (Å²) in [6.07, 6.45) is 3.37. The molecular formula is C16H17ClFN3O. The van der Waals surface area contributed by atoms with Gasteiger partial charge in [0.1, 0.15) is 11.5 Å². The average molecular weight is 322 g/mol. The molecule has 2 aromatic rings. The van der Waals surface area contributed by atoms with Crippen molar-refractivity contribution in [1.29, 1.82) is 0 Å². The lowest BCUT2D eigenvalue weighted by Crippen LogP contribution is -2.33. The first-order chi connectivity index (χ1) is 10.1. The normalized spacial score (nSPS) is 13.3. The maximum absolute atomic E-state index is 13.8. The van der Waals surface area contributed by atoms with Crippen LogP contribution in [0.15, 0.2) is 42.6 Å². The van der Waals surface area contributed by atoms with Gasteiger partial charge >= 0.3 is 0 Å². The third-order valence-electron chi connectivity index (χ3n) is 3.55. The number of aromatic nitrogens is 1. The molecule has 3 rings (SSSR count). The fourth-order valence-electron chi connectivity index (χ4n) is 2.24. The number of nitrogens with two attached hydrogens (primary N) is 1. The van der Waals surface area contributed by atoms with Gasteiger partial charge in [0.2, 0.25) is 0 Å². The van der Waals surface area contributed by atoms with E-state index in [1.165, 1.54) is 12.3 Å². The highest BCUT2D eigenvalue weighted by Gasteiger charge is 2.33. The van der Waals surface area contributed by atoms with Gasteiger partial charge in [0.25, 0.3) is 5.91 Å². The minimum Gasteiger partial charge on any atom is -0.397 e. The topological polar surface area (TPSA) is 59.2 Å². The first kappa shape index (κ1) is 16.2. The second kappa shape index (κ2) is 6.75. The van der Waals surface area contributed by atoms with Crippen molar-refractivity contribution in [3.05, 3.63) is 59.7 Å². The van der Waals surface area contributed by atoms with Crippen LogP contribution >= 0.6 is 12.4 Å². The highest BCUT2D eigenvalue weighted by atomic mass is 35.5. The Morgan fingerprint density at radius 2 is 2.00 bits per heavy atom. The molecule has 1 amide bonds. The van der Waals surface area contributed by atoms with Gasteiger partial charge in [0.15, 0.2) is 0 Å². The Labute approximate surface area is 134 Å². The molecule has 1 aromatic heterocycles. The van der Waals surface area contributed by atoms with Gasteiger partial charge in [-0.2, -0.15) is 0 Å². The number of hydrogen-bond donors (Lipinski definition) is 1. The molecule has 2 N–H and O–H groups in total. The van der Waals surface area contributed by atoms with E-state index in [9.17, 15) is 9.18 Å². The summed E-state index contributed by atoms with van der Waals surface area (Å²) in [6.45, 7) is 0.266. The number of halogens is 2. The van der Waals surface area contributed by atoms with Crippen LogP contribution in [0.1, 0.15) is 28.9 Å². The number of hydrogen-bond acceptors (Lipinski definition) is 3. The highest BCUT2D eigenvalue weighted by Crippen LogP contribution is 2.30. The minimum absolute atomic E-state index is 0. The molecule has 22 heavy (non-hydrogen) atoms.